The van der Waals surface area contributed by atoms with Crippen LogP contribution in [0.3, 0.4) is 0 Å². The number of hydrogen-bond donors (Lipinski definition) is 1. The molecule has 0 radical (unpaired) electrons. The Kier molecular flexibility index (Phi) is 4.17. The van der Waals surface area contributed by atoms with E-state index in [9.17, 15) is 0 Å². The molecule has 0 aliphatic carbocycles. The fraction of sp³-hybridized carbons (Fsp3) is 0.471. The van der Waals surface area contributed by atoms with Gasteiger partial charge in [-0.3, -0.25) is 4.40 Å². The van der Waals surface area contributed by atoms with Gasteiger partial charge in [0.25, 0.3) is 0 Å². The lowest BCUT2D eigenvalue weighted by Gasteiger charge is -2.33. The molecule has 0 bridgehead atoms. The Hall–Kier alpha value is -2.77. The molecular weight excluding hydrogens is 316 g/mol. The fourth-order valence-electron chi connectivity index (χ4n) is 3.24. The van der Waals surface area contributed by atoms with Crippen molar-refractivity contribution in [3.63, 3.8) is 0 Å². The van der Waals surface area contributed by atoms with Crippen molar-refractivity contribution in [3.05, 3.63) is 36.2 Å². The highest BCUT2D eigenvalue weighted by Crippen LogP contribution is 2.24. The van der Waals surface area contributed by atoms with Gasteiger partial charge in [0.15, 0.2) is 5.82 Å². The number of aryl methyl sites for hydroxylation is 2. The topological polar surface area (TPSA) is 84.1 Å². The maximum atomic E-state index is 4.53. The second kappa shape index (κ2) is 6.62. The standard InChI is InChI=1S/C17H22N8/c1-12-8-19-17(22-13(12)2)20-9-14-4-3-6-24(10-14)15-16-23-21-11-25(16)7-5-18-15/h5,7-8,11,14H,3-4,6,9-10H2,1-2H3,(H,19,20,22). The molecular formula is C17H22N8. The summed E-state index contributed by atoms with van der Waals surface area (Å²) in [6.07, 6.45) is 9.57. The summed E-state index contributed by atoms with van der Waals surface area (Å²) in [6, 6.07) is 0. The van der Waals surface area contributed by atoms with Crippen LogP contribution in [-0.4, -0.2) is 49.2 Å². The summed E-state index contributed by atoms with van der Waals surface area (Å²) in [4.78, 5) is 15.7. The zero-order chi connectivity index (χ0) is 17.2. The van der Waals surface area contributed by atoms with E-state index in [1.54, 1.807) is 12.5 Å². The average Bonchev–Trinajstić information content (AvgIpc) is 3.12. The van der Waals surface area contributed by atoms with Crippen LogP contribution < -0.4 is 10.2 Å². The molecule has 8 nitrogen and oxygen atoms in total. The fourth-order valence-corrected chi connectivity index (χ4v) is 3.24. The van der Waals surface area contributed by atoms with Gasteiger partial charge in [0, 0.05) is 43.9 Å². The first-order valence-electron chi connectivity index (χ1n) is 8.64. The van der Waals surface area contributed by atoms with Crippen molar-refractivity contribution in [2.45, 2.75) is 26.7 Å². The maximum Gasteiger partial charge on any atom is 0.222 e. The Balaban J connectivity index is 1.44. The highest BCUT2D eigenvalue weighted by molar-refractivity contribution is 5.63. The highest BCUT2D eigenvalue weighted by atomic mass is 15.3. The molecule has 25 heavy (non-hydrogen) atoms. The van der Waals surface area contributed by atoms with Crippen LogP contribution in [0.15, 0.2) is 24.9 Å². The average molecular weight is 338 g/mol. The zero-order valence-corrected chi connectivity index (χ0v) is 14.6. The molecule has 130 valence electrons. The normalized spacial score (nSPS) is 17.8. The minimum atomic E-state index is 0.518. The van der Waals surface area contributed by atoms with E-state index < -0.39 is 0 Å². The zero-order valence-electron chi connectivity index (χ0n) is 14.6. The van der Waals surface area contributed by atoms with Crippen molar-refractivity contribution in [2.24, 2.45) is 5.92 Å². The minimum Gasteiger partial charge on any atom is -0.354 e. The monoisotopic (exact) mass is 338 g/mol. The van der Waals surface area contributed by atoms with E-state index in [-0.39, 0.29) is 0 Å². The van der Waals surface area contributed by atoms with Crippen molar-refractivity contribution < 1.29 is 0 Å². The van der Waals surface area contributed by atoms with Gasteiger partial charge < -0.3 is 10.2 Å². The van der Waals surface area contributed by atoms with Crippen LogP contribution in [0.2, 0.25) is 0 Å². The Morgan fingerprint density at radius 3 is 3.08 bits per heavy atom. The third-order valence-corrected chi connectivity index (χ3v) is 4.79. The first-order chi connectivity index (χ1) is 12.2. The van der Waals surface area contributed by atoms with Gasteiger partial charge >= 0.3 is 0 Å². The van der Waals surface area contributed by atoms with Gasteiger partial charge in [-0.25, -0.2) is 15.0 Å². The van der Waals surface area contributed by atoms with Gasteiger partial charge in [0.2, 0.25) is 11.6 Å². The van der Waals surface area contributed by atoms with Crippen molar-refractivity contribution in [1.29, 1.82) is 0 Å². The summed E-state index contributed by atoms with van der Waals surface area (Å²) >= 11 is 0. The lowest BCUT2D eigenvalue weighted by molar-refractivity contribution is 0.430. The van der Waals surface area contributed by atoms with Gasteiger partial charge in [0.05, 0.1) is 0 Å². The third kappa shape index (κ3) is 3.24. The molecule has 1 unspecified atom stereocenters. The highest BCUT2D eigenvalue weighted by Gasteiger charge is 2.23. The van der Waals surface area contributed by atoms with Crippen LogP contribution in [0.25, 0.3) is 5.65 Å². The largest absolute Gasteiger partial charge is 0.354 e. The van der Waals surface area contributed by atoms with E-state index in [1.165, 1.54) is 6.42 Å². The van der Waals surface area contributed by atoms with Gasteiger partial charge in [-0.15, -0.1) is 10.2 Å². The van der Waals surface area contributed by atoms with Crippen LogP contribution in [0.1, 0.15) is 24.1 Å². The molecule has 0 spiro atoms. The molecule has 1 N–H and O–H groups in total. The molecule has 4 rings (SSSR count). The first kappa shape index (κ1) is 15.7. The van der Waals surface area contributed by atoms with Gasteiger partial charge in [-0.1, -0.05) is 0 Å². The second-order valence-electron chi connectivity index (χ2n) is 6.61. The van der Waals surface area contributed by atoms with Crippen LogP contribution >= 0.6 is 0 Å². The molecule has 3 aromatic rings. The number of nitrogens with one attached hydrogen (secondary N) is 1. The predicted molar refractivity (Wildman–Crippen MR) is 95.7 cm³/mol. The number of hydrogen-bond acceptors (Lipinski definition) is 7. The number of anilines is 2. The summed E-state index contributed by atoms with van der Waals surface area (Å²) in [5.74, 6) is 2.13. The summed E-state index contributed by atoms with van der Waals surface area (Å²) in [6.45, 7) is 6.83. The summed E-state index contributed by atoms with van der Waals surface area (Å²) in [5, 5.41) is 11.6. The molecule has 1 fully saturated rings. The van der Waals surface area contributed by atoms with Crippen LogP contribution in [0.4, 0.5) is 11.8 Å². The Bertz CT molecular complexity index is 874. The lowest BCUT2D eigenvalue weighted by Crippen LogP contribution is -2.39. The quantitative estimate of drug-likeness (QED) is 0.777. The van der Waals surface area contributed by atoms with E-state index in [1.807, 2.05) is 30.6 Å². The third-order valence-electron chi connectivity index (χ3n) is 4.79. The van der Waals surface area contributed by atoms with E-state index in [0.717, 1.165) is 48.8 Å². The van der Waals surface area contributed by atoms with Crippen LogP contribution in [0.5, 0.6) is 0 Å². The van der Waals surface area contributed by atoms with Crippen molar-refractivity contribution in [1.82, 2.24) is 29.5 Å². The number of nitrogens with zero attached hydrogens (tertiary/aromatic N) is 7. The number of fused-ring (bicyclic) bond motifs is 1. The van der Waals surface area contributed by atoms with E-state index in [4.69, 9.17) is 0 Å². The summed E-state index contributed by atoms with van der Waals surface area (Å²) in [5.41, 5.74) is 2.95. The molecule has 8 heteroatoms. The molecule has 0 aromatic carbocycles. The molecule has 1 aliphatic heterocycles. The van der Waals surface area contributed by atoms with Crippen molar-refractivity contribution >= 4 is 17.4 Å². The molecule has 0 saturated carbocycles. The number of rotatable bonds is 4. The van der Waals surface area contributed by atoms with Gasteiger partial charge in [-0.2, -0.15) is 0 Å². The van der Waals surface area contributed by atoms with E-state index >= 15 is 0 Å². The number of aromatic nitrogens is 6. The maximum absolute atomic E-state index is 4.53. The minimum absolute atomic E-state index is 0.518. The smallest absolute Gasteiger partial charge is 0.222 e. The van der Waals surface area contributed by atoms with E-state index in [0.29, 0.717) is 11.9 Å². The van der Waals surface area contributed by atoms with E-state index in [2.05, 4.69) is 35.4 Å². The Morgan fingerprint density at radius 2 is 2.20 bits per heavy atom. The van der Waals surface area contributed by atoms with Gasteiger partial charge in [-0.05, 0) is 38.2 Å². The first-order valence-corrected chi connectivity index (χ1v) is 8.64. The SMILES string of the molecule is Cc1cnc(NCC2CCCN(c3nccn4cnnc34)C2)nc1C. The summed E-state index contributed by atoms with van der Waals surface area (Å²) in [7, 11) is 0. The summed E-state index contributed by atoms with van der Waals surface area (Å²) < 4.78 is 1.91. The predicted octanol–water partition coefficient (Wildman–Crippen LogP) is 1.86. The number of piperidine rings is 1. The Morgan fingerprint density at radius 1 is 1.28 bits per heavy atom. The molecule has 4 heterocycles. The lowest BCUT2D eigenvalue weighted by atomic mass is 9.98. The van der Waals surface area contributed by atoms with Gasteiger partial charge in [0.1, 0.15) is 6.33 Å². The van der Waals surface area contributed by atoms with Crippen molar-refractivity contribution in [2.75, 3.05) is 29.9 Å². The Labute approximate surface area is 146 Å². The van der Waals surface area contributed by atoms with Crippen LogP contribution in [0, 0.1) is 19.8 Å². The molecule has 0 amide bonds. The molecule has 1 aliphatic rings. The molecule has 1 atom stereocenters. The molecule has 1 saturated heterocycles. The van der Waals surface area contributed by atoms with Crippen molar-refractivity contribution in [3.8, 4) is 0 Å². The second-order valence-corrected chi connectivity index (χ2v) is 6.61. The van der Waals surface area contributed by atoms with Crippen LogP contribution in [-0.2, 0) is 0 Å². The molecule has 3 aromatic heterocycles.